The van der Waals surface area contributed by atoms with Crippen molar-refractivity contribution < 1.29 is 0 Å². The maximum absolute atomic E-state index is 8.29. The van der Waals surface area contributed by atoms with E-state index in [2.05, 4.69) is 0 Å². The maximum atomic E-state index is 8.29. The fourth-order valence-corrected chi connectivity index (χ4v) is 0.513. The molecular weight excluding hydrogens is 96.9 g/mol. The molecule has 0 aromatic carbocycles. The molecular formula is C6H4BN. The van der Waals surface area contributed by atoms with Crippen molar-refractivity contribution in [3.8, 4) is 6.07 Å². The van der Waals surface area contributed by atoms with Crippen molar-refractivity contribution in [3.63, 3.8) is 0 Å². The van der Waals surface area contributed by atoms with Crippen LogP contribution in [-0.2, 0) is 0 Å². The first-order chi connectivity index (χ1) is 3.93. The van der Waals surface area contributed by atoms with E-state index in [1.165, 1.54) is 0 Å². The molecule has 1 rings (SSSR count). The van der Waals surface area contributed by atoms with Crippen LogP contribution in [0.1, 0.15) is 5.46 Å². The Morgan fingerprint density at radius 3 is 2.75 bits per heavy atom. The minimum atomic E-state index is 0.715. The van der Waals surface area contributed by atoms with Crippen LogP contribution in [0.3, 0.4) is 0 Å². The van der Waals surface area contributed by atoms with Gasteiger partial charge in [-0.2, -0.15) is 0 Å². The third-order valence-electron chi connectivity index (χ3n) is 0.903. The Morgan fingerprint density at radius 1 is 1.50 bits per heavy atom. The first-order valence-electron chi connectivity index (χ1n) is 2.38. The molecule has 1 aromatic heterocycles. The van der Waals surface area contributed by atoms with Crippen molar-refractivity contribution in [2.24, 2.45) is 0 Å². The summed E-state index contributed by atoms with van der Waals surface area (Å²) in [7, 11) is 0. The third kappa shape index (κ3) is 0.943. The van der Waals surface area contributed by atoms with Crippen LogP contribution in [0.2, 0.25) is 0 Å². The molecule has 0 bridgehead atoms. The van der Waals surface area contributed by atoms with Crippen LogP contribution in [0.25, 0.3) is 0 Å². The van der Waals surface area contributed by atoms with Gasteiger partial charge in [-0.15, -0.1) is 0 Å². The SMILES string of the molecule is N#Cc1bcccc1. The zero-order valence-electron chi connectivity index (χ0n) is 4.33. The number of rotatable bonds is 0. The third-order valence-corrected chi connectivity index (χ3v) is 0.903. The van der Waals surface area contributed by atoms with E-state index in [-0.39, 0.29) is 0 Å². The standard InChI is InChI=1S/C6H4BN/c8-5-6-3-1-2-4-7-6/h1-4H. The van der Waals surface area contributed by atoms with E-state index in [4.69, 9.17) is 5.26 Å². The van der Waals surface area contributed by atoms with Crippen LogP contribution in [0.5, 0.6) is 0 Å². The quantitative estimate of drug-likeness (QED) is 0.476. The van der Waals surface area contributed by atoms with E-state index in [1.54, 1.807) is 13.0 Å². The second kappa shape index (κ2) is 2.27. The van der Waals surface area contributed by atoms with Gasteiger partial charge in [-0.25, -0.2) is 0 Å². The van der Waals surface area contributed by atoms with Gasteiger partial charge in [0.2, 0.25) is 0 Å². The normalized spacial score (nSPS) is 7.38. The second-order valence-electron chi connectivity index (χ2n) is 1.48. The Bertz CT molecular complexity index is 200. The molecule has 0 unspecified atom stereocenters. The summed E-state index contributed by atoms with van der Waals surface area (Å²) in [4.78, 5) is 0. The molecule has 8 heavy (non-hydrogen) atoms. The summed E-state index contributed by atoms with van der Waals surface area (Å²) in [5, 5.41) is 8.29. The Balaban J connectivity index is 3.05. The van der Waals surface area contributed by atoms with E-state index in [9.17, 15) is 0 Å². The van der Waals surface area contributed by atoms with Gasteiger partial charge in [0.15, 0.2) is 0 Å². The molecule has 1 nitrogen and oxygen atoms in total. The molecule has 0 saturated heterocycles. The van der Waals surface area contributed by atoms with Crippen LogP contribution in [0, 0.1) is 11.3 Å². The van der Waals surface area contributed by atoms with Crippen molar-refractivity contribution in [1.29, 1.82) is 5.26 Å². The number of nitrogens with zero attached hydrogens (tertiary/aromatic N) is 1. The molecule has 0 spiro atoms. The van der Waals surface area contributed by atoms with E-state index in [0.717, 1.165) is 0 Å². The topological polar surface area (TPSA) is 23.8 Å². The van der Waals surface area contributed by atoms with Crippen LogP contribution in [0.15, 0.2) is 24.2 Å². The van der Waals surface area contributed by atoms with Gasteiger partial charge in [0.1, 0.15) is 0 Å². The van der Waals surface area contributed by atoms with Gasteiger partial charge in [0, 0.05) is 0 Å². The summed E-state index contributed by atoms with van der Waals surface area (Å²) < 4.78 is 0. The number of hydrogen-bond acceptors (Lipinski definition) is 1. The molecule has 2 heteroatoms. The van der Waals surface area contributed by atoms with Crippen molar-refractivity contribution in [1.82, 2.24) is 0 Å². The average Bonchev–Trinajstić information content (AvgIpc) is 1.90. The Labute approximate surface area is 48.8 Å². The molecule has 0 aliphatic carbocycles. The predicted molar refractivity (Wildman–Crippen MR) is 32.5 cm³/mol. The van der Waals surface area contributed by atoms with Crippen LogP contribution in [-0.4, -0.2) is 6.91 Å². The predicted octanol–water partition coefficient (Wildman–Crippen LogP) is 0.896. The van der Waals surface area contributed by atoms with E-state index >= 15 is 0 Å². The first kappa shape index (κ1) is 5.05. The van der Waals surface area contributed by atoms with E-state index in [1.807, 2.05) is 24.2 Å². The van der Waals surface area contributed by atoms with E-state index in [0.29, 0.717) is 5.46 Å². The van der Waals surface area contributed by atoms with Crippen molar-refractivity contribution in [2.75, 3.05) is 0 Å². The van der Waals surface area contributed by atoms with Crippen molar-refractivity contribution in [2.45, 2.75) is 0 Å². The Hall–Kier alpha value is -1.10. The van der Waals surface area contributed by atoms with Gasteiger partial charge in [-0.05, 0) is 0 Å². The fraction of sp³-hybridized carbons (Fsp3) is 0. The van der Waals surface area contributed by atoms with Crippen molar-refractivity contribution in [3.05, 3.63) is 29.6 Å². The summed E-state index contributed by atoms with van der Waals surface area (Å²) in [6, 6.07) is 7.54. The van der Waals surface area contributed by atoms with Crippen LogP contribution < -0.4 is 0 Å². The summed E-state index contributed by atoms with van der Waals surface area (Å²) in [6.45, 7) is 1.78. The van der Waals surface area contributed by atoms with Crippen LogP contribution >= 0.6 is 0 Å². The average molecular weight is 101 g/mol. The molecule has 0 amide bonds. The first-order valence-corrected chi connectivity index (χ1v) is 2.38. The molecule has 0 fully saturated rings. The molecule has 0 atom stereocenters. The summed E-state index contributed by atoms with van der Waals surface area (Å²) in [5.74, 6) is 1.85. The van der Waals surface area contributed by atoms with Gasteiger partial charge in [0.05, 0.1) is 0 Å². The Kier molecular flexibility index (Phi) is 1.44. The van der Waals surface area contributed by atoms with Crippen molar-refractivity contribution >= 4 is 6.91 Å². The fourth-order valence-electron chi connectivity index (χ4n) is 0.513. The van der Waals surface area contributed by atoms with E-state index < -0.39 is 0 Å². The van der Waals surface area contributed by atoms with Gasteiger partial charge in [-0.1, -0.05) is 0 Å². The van der Waals surface area contributed by atoms with Gasteiger partial charge in [0.25, 0.3) is 0 Å². The zero-order chi connectivity index (χ0) is 5.82. The monoisotopic (exact) mass is 101 g/mol. The number of hydrogen-bond donors (Lipinski definition) is 0. The zero-order valence-corrected chi connectivity index (χ0v) is 4.33. The molecule has 0 aliphatic rings. The molecule has 0 radical (unpaired) electrons. The molecule has 0 saturated carbocycles. The summed E-state index contributed by atoms with van der Waals surface area (Å²) in [5.41, 5.74) is 0.715. The minimum absolute atomic E-state index is 0.715. The second-order valence-corrected chi connectivity index (χ2v) is 1.48. The summed E-state index contributed by atoms with van der Waals surface area (Å²) in [6.07, 6.45) is 0. The summed E-state index contributed by atoms with van der Waals surface area (Å²) >= 11 is 0. The molecule has 1 heterocycles. The molecule has 36 valence electrons. The molecule has 0 aliphatic heterocycles. The number of nitriles is 1. The van der Waals surface area contributed by atoms with Gasteiger partial charge < -0.3 is 0 Å². The van der Waals surface area contributed by atoms with Gasteiger partial charge >= 0.3 is 47.9 Å². The molecule has 1 aromatic rings. The van der Waals surface area contributed by atoms with Crippen LogP contribution in [0.4, 0.5) is 0 Å². The van der Waals surface area contributed by atoms with Gasteiger partial charge in [-0.3, -0.25) is 0 Å². The molecule has 0 N–H and O–H groups in total. The Morgan fingerprint density at radius 2 is 2.38 bits per heavy atom.